The Morgan fingerprint density at radius 2 is 2.41 bits per heavy atom. The third-order valence-corrected chi connectivity index (χ3v) is 2.83. The highest BCUT2D eigenvalue weighted by molar-refractivity contribution is 4.86. The van der Waals surface area contributed by atoms with E-state index >= 15 is 0 Å². The summed E-state index contributed by atoms with van der Waals surface area (Å²) < 4.78 is 12.7. The zero-order valence-electron chi connectivity index (χ0n) is 10.3. The molecular weight excluding hydrogens is 222 g/mol. The zero-order chi connectivity index (χ0) is 12.3. The molecule has 0 saturated carbocycles. The lowest BCUT2D eigenvalue weighted by molar-refractivity contribution is -0.170. The Bertz CT molecular complexity index is 404. The van der Waals surface area contributed by atoms with Gasteiger partial charge in [0.2, 0.25) is 0 Å². The molecule has 96 valence electrons. The van der Waals surface area contributed by atoms with Crippen molar-refractivity contribution < 1.29 is 9.47 Å². The number of aromatic amines is 1. The fraction of sp³-hybridized carbons (Fsp3) is 0.818. The minimum atomic E-state index is -0.192. The van der Waals surface area contributed by atoms with Crippen molar-refractivity contribution in [1.82, 2.24) is 14.8 Å². The average molecular weight is 241 g/mol. The van der Waals surface area contributed by atoms with Crippen LogP contribution >= 0.6 is 0 Å². The van der Waals surface area contributed by atoms with Gasteiger partial charge >= 0.3 is 5.69 Å². The summed E-state index contributed by atoms with van der Waals surface area (Å²) >= 11 is 0. The topological polar surface area (TPSA) is 69.1 Å². The number of nitrogens with one attached hydrogen (secondary N) is 1. The number of nitrogens with zero attached hydrogens (tertiary/aromatic N) is 2. The van der Waals surface area contributed by atoms with Gasteiger partial charge in [0.25, 0.3) is 0 Å². The van der Waals surface area contributed by atoms with Gasteiger partial charge < -0.3 is 9.47 Å². The monoisotopic (exact) mass is 241 g/mol. The largest absolute Gasteiger partial charge is 0.353 e. The maximum atomic E-state index is 11.5. The molecule has 1 aliphatic heterocycles. The summed E-state index contributed by atoms with van der Waals surface area (Å²) in [5.74, 6) is 0.624. The molecule has 2 heterocycles. The van der Waals surface area contributed by atoms with Gasteiger partial charge in [0.15, 0.2) is 12.1 Å². The van der Waals surface area contributed by atoms with Crippen LogP contribution in [-0.2, 0) is 16.1 Å². The molecule has 1 aliphatic rings. The van der Waals surface area contributed by atoms with E-state index in [1.165, 1.54) is 0 Å². The highest BCUT2D eigenvalue weighted by Crippen LogP contribution is 2.15. The molecule has 1 fully saturated rings. The summed E-state index contributed by atoms with van der Waals surface area (Å²) in [5, 5.41) is 6.41. The summed E-state index contributed by atoms with van der Waals surface area (Å²) in [6, 6.07) is 0.0760. The number of hydrogen-bond donors (Lipinski definition) is 1. The molecule has 17 heavy (non-hydrogen) atoms. The standard InChI is InChI=1S/C11H19N3O3/c1-8(2)14-9(12-13-11(14)15)7-17-10-5-3-4-6-16-10/h8,10H,3-7H2,1-2H3,(H,13,15). The number of aromatic nitrogens is 3. The van der Waals surface area contributed by atoms with E-state index in [4.69, 9.17) is 9.47 Å². The SMILES string of the molecule is CC(C)n1c(COC2CCCCO2)n[nH]c1=O. The highest BCUT2D eigenvalue weighted by atomic mass is 16.7. The summed E-state index contributed by atoms with van der Waals surface area (Å²) in [5.41, 5.74) is -0.192. The van der Waals surface area contributed by atoms with E-state index < -0.39 is 0 Å². The van der Waals surface area contributed by atoms with Crippen LogP contribution < -0.4 is 5.69 Å². The molecule has 0 bridgehead atoms. The molecule has 0 aliphatic carbocycles. The Labute approximate surface area is 99.9 Å². The van der Waals surface area contributed by atoms with Gasteiger partial charge in [0.05, 0.1) is 0 Å². The van der Waals surface area contributed by atoms with Crippen LogP contribution in [0, 0.1) is 0 Å². The lowest BCUT2D eigenvalue weighted by Gasteiger charge is -2.22. The van der Waals surface area contributed by atoms with Crippen LogP contribution in [0.5, 0.6) is 0 Å². The molecule has 0 aromatic carbocycles. The molecule has 1 unspecified atom stereocenters. The lowest BCUT2D eigenvalue weighted by Crippen LogP contribution is -2.25. The number of ether oxygens (including phenoxy) is 2. The second kappa shape index (κ2) is 5.46. The van der Waals surface area contributed by atoms with Crippen LogP contribution in [0.2, 0.25) is 0 Å². The first-order valence-electron chi connectivity index (χ1n) is 6.07. The van der Waals surface area contributed by atoms with E-state index in [2.05, 4.69) is 10.2 Å². The number of rotatable bonds is 4. The minimum Gasteiger partial charge on any atom is -0.353 e. The van der Waals surface area contributed by atoms with Crippen molar-refractivity contribution in [2.24, 2.45) is 0 Å². The lowest BCUT2D eigenvalue weighted by atomic mass is 10.2. The molecule has 1 aromatic heterocycles. The Morgan fingerprint density at radius 1 is 1.59 bits per heavy atom. The highest BCUT2D eigenvalue weighted by Gasteiger charge is 2.17. The van der Waals surface area contributed by atoms with Crippen molar-refractivity contribution in [2.75, 3.05) is 6.61 Å². The van der Waals surface area contributed by atoms with E-state index in [1.807, 2.05) is 13.8 Å². The molecular formula is C11H19N3O3. The van der Waals surface area contributed by atoms with E-state index in [-0.39, 0.29) is 18.0 Å². The van der Waals surface area contributed by atoms with Gasteiger partial charge in [0.1, 0.15) is 6.61 Å². The molecule has 6 nitrogen and oxygen atoms in total. The van der Waals surface area contributed by atoms with Crippen molar-refractivity contribution in [3.63, 3.8) is 0 Å². The van der Waals surface area contributed by atoms with Gasteiger partial charge in [-0.25, -0.2) is 9.89 Å². The van der Waals surface area contributed by atoms with Gasteiger partial charge in [-0.2, -0.15) is 5.10 Å². The van der Waals surface area contributed by atoms with Crippen molar-refractivity contribution >= 4 is 0 Å². The first kappa shape index (κ1) is 12.3. The minimum absolute atomic E-state index is 0.0760. The predicted octanol–water partition coefficient (Wildman–Crippen LogP) is 1.20. The molecule has 1 N–H and O–H groups in total. The Morgan fingerprint density at radius 3 is 3.06 bits per heavy atom. The Kier molecular flexibility index (Phi) is 3.96. The first-order valence-corrected chi connectivity index (χ1v) is 6.07. The molecule has 0 radical (unpaired) electrons. The molecule has 1 saturated heterocycles. The quantitative estimate of drug-likeness (QED) is 0.859. The maximum absolute atomic E-state index is 11.5. The van der Waals surface area contributed by atoms with Crippen LogP contribution in [0.1, 0.15) is 45.0 Å². The van der Waals surface area contributed by atoms with Crippen molar-refractivity contribution in [3.05, 3.63) is 16.3 Å². The first-order chi connectivity index (χ1) is 8.18. The van der Waals surface area contributed by atoms with Crippen LogP contribution in [0.4, 0.5) is 0 Å². The van der Waals surface area contributed by atoms with Crippen LogP contribution in [-0.4, -0.2) is 27.7 Å². The maximum Gasteiger partial charge on any atom is 0.343 e. The van der Waals surface area contributed by atoms with Gasteiger partial charge in [-0.3, -0.25) is 4.57 Å². The summed E-state index contributed by atoms with van der Waals surface area (Å²) in [6.45, 7) is 4.94. The van der Waals surface area contributed by atoms with Gasteiger partial charge in [-0.1, -0.05) is 0 Å². The van der Waals surface area contributed by atoms with Crippen molar-refractivity contribution in [2.45, 2.75) is 52.0 Å². The van der Waals surface area contributed by atoms with Crippen LogP contribution in [0.15, 0.2) is 4.79 Å². The fourth-order valence-corrected chi connectivity index (χ4v) is 1.98. The summed E-state index contributed by atoms with van der Waals surface area (Å²) in [6.07, 6.45) is 2.98. The van der Waals surface area contributed by atoms with Crippen LogP contribution in [0.3, 0.4) is 0 Å². The second-order valence-electron chi connectivity index (χ2n) is 4.52. The summed E-state index contributed by atoms with van der Waals surface area (Å²) in [4.78, 5) is 11.5. The van der Waals surface area contributed by atoms with Gasteiger partial charge in [-0.05, 0) is 33.1 Å². The predicted molar refractivity (Wildman–Crippen MR) is 61.6 cm³/mol. The smallest absolute Gasteiger partial charge is 0.343 e. The average Bonchev–Trinajstić information content (AvgIpc) is 2.69. The number of H-pyrrole nitrogens is 1. The third-order valence-electron chi connectivity index (χ3n) is 2.83. The zero-order valence-corrected chi connectivity index (χ0v) is 10.3. The molecule has 1 atom stereocenters. The molecule has 1 aromatic rings. The van der Waals surface area contributed by atoms with E-state index in [1.54, 1.807) is 4.57 Å². The molecule has 6 heteroatoms. The Hall–Kier alpha value is -1.14. The van der Waals surface area contributed by atoms with Crippen molar-refractivity contribution in [3.8, 4) is 0 Å². The number of hydrogen-bond acceptors (Lipinski definition) is 4. The van der Waals surface area contributed by atoms with Crippen LogP contribution in [0.25, 0.3) is 0 Å². The Balaban J connectivity index is 1.96. The molecule has 0 amide bonds. The third kappa shape index (κ3) is 2.95. The van der Waals surface area contributed by atoms with E-state index in [0.29, 0.717) is 12.4 Å². The summed E-state index contributed by atoms with van der Waals surface area (Å²) in [7, 11) is 0. The second-order valence-corrected chi connectivity index (χ2v) is 4.52. The van der Waals surface area contributed by atoms with Crippen molar-refractivity contribution in [1.29, 1.82) is 0 Å². The van der Waals surface area contributed by atoms with E-state index in [9.17, 15) is 4.79 Å². The van der Waals surface area contributed by atoms with Gasteiger partial charge in [-0.15, -0.1) is 0 Å². The fourth-order valence-electron chi connectivity index (χ4n) is 1.98. The normalized spacial score (nSPS) is 21.0. The van der Waals surface area contributed by atoms with E-state index in [0.717, 1.165) is 25.9 Å². The van der Waals surface area contributed by atoms with Gasteiger partial charge in [0, 0.05) is 12.6 Å². The molecule has 0 spiro atoms. The molecule has 2 rings (SSSR count).